The van der Waals surface area contributed by atoms with Gasteiger partial charge < -0.3 is 0 Å². The van der Waals surface area contributed by atoms with Crippen molar-refractivity contribution in [1.82, 2.24) is 0 Å². The number of nitriles is 1. The van der Waals surface area contributed by atoms with Crippen molar-refractivity contribution in [2.24, 2.45) is 0 Å². The minimum Gasteiger partial charge on any atom is -0.195 e. The van der Waals surface area contributed by atoms with Crippen molar-refractivity contribution >= 4 is 0 Å². The van der Waals surface area contributed by atoms with Gasteiger partial charge in [-0.05, 0) is 0 Å². The van der Waals surface area contributed by atoms with Crippen LogP contribution in [0.15, 0.2) is 24.3 Å². The average molecular weight is 340 g/mol. The predicted molar refractivity (Wildman–Crippen MR) is 30.0 cm³/mol. The van der Waals surface area contributed by atoms with E-state index in [1.165, 1.54) is 0 Å². The smallest absolute Gasteiger partial charge is 0.0725 e. The zero-order chi connectivity index (χ0) is 5.82. The molecule has 1 aromatic carbocycles. The predicted octanol–water partition coefficient (Wildman–Crippen LogP) is 1.36. The molecule has 1 rings (SSSR count). The Labute approximate surface area is 78.1 Å². The number of rotatable bonds is 0. The number of nitrogens with zero attached hydrogens (tertiary/aromatic N) is 1. The van der Waals surface area contributed by atoms with Gasteiger partial charge in [0.2, 0.25) is 0 Å². The van der Waals surface area contributed by atoms with Gasteiger partial charge in [-0.3, -0.25) is 0 Å². The molecule has 0 unspecified atom stereocenters. The maximum atomic E-state index is 8.27. The fourth-order valence-electron chi connectivity index (χ4n) is 0.461. The molecule has 2 heteroatoms. The first-order chi connectivity index (χ1) is 3.93. The zero-order valence-corrected chi connectivity index (χ0v) is 8.92. The van der Waals surface area contributed by atoms with E-state index in [-0.39, 0.29) is 31.1 Å². The Hall–Kier alpha value is -0.238. The standard InChI is InChI=1S/C7H4N.U/c8-6-7-4-2-1-3-5-7;/h2-5H;/q-1;. The molecule has 1 nitrogen and oxygen atoms in total. The Morgan fingerprint density at radius 3 is 2.22 bits per heavy atom. The third kappa shape index (κ3) is 2.70. The van der Waals surface area contributed by atoms with Crippen LogP contribution in [-0.2, 0) is 0 Å². The largest absolute Gasteiger partial charge is 0.195 e. The van der Waals surface area contributed by atoms with Crippen molar-refractivity contribution in [2.75, 3.05) is 0 Å². The second-order valence-electron chi connectivity index (χ2n) is 1.40. The summed E-state index contributed by atoms with van der Waals surface area (Å²) in [4.78, 5) is 0. The van der Waals surface area contributed by atoms with E-state index >= 15 is 0 Å². The van der Waals surface area contributed by atoms with Gasteiger partial charge in [0.15, 0.2) is 0 Å². The maximum Gasteiger partial charge on any atom is 0.0725 e. The Morgan fingerprint density at radius 1 is 1.33 bits per heavy atom. The first-order valence-corrected chi connectivity index (χ1v) is 2.29. The van der Waals surface area contributed by atoms with Gasteiger partial charge in [-0.25, -0.2) is 0 Å². The van der Waals surface area contributed by atoms with Gasteiger partial charge in [-0.2, -0.15) is 35.6 Å². The molecule has 0 heterocycles. The van der Waals surface area contributed by atoms with Crippen LogP contribution in [0.1, 0.15) is 5.56 Å². The Morgan fingerprint density at radius 2 is 1.89 bits per heavy atom. The van der Waals surface area contributed by atoms with Crippen molar-refractivity contribution in [3.63, 3.8) is 0 Å². The van der Waals surface area contributed by atoms with Crippen LogP contribution < -0.4 is 0 Å². The fraction of sp³-hybridized carbons (Fsp3) is 0. The van der Waals surface area contributed by atoms with Crippen molar-refractivity contribution < 1.29 is 31.1 Å². The van der Waals surface area contributed by atoms with Crippen LogP contribution in [0.3, 0.4) is 0 Å². The quantitative estimate of drug-likeness (QED) is 0.655. The Balaban J connectivity index is 0.000000640. The van der Waals surface area contributed by atoms with E-state index in [0.717, 1.165) is 0 Å². The molecule has 9 heavy (non-hydrogen) atoms. The van der Waals surface area contributed by atoms with Crippen LogP contribution >= 0.6 is 0 Å². The van der Waals surface area contributed by atoms with Crippen LogP contribution in [-0.4, -0.2) is 0 Å². The van der Waals surface area contributed by atoms with E-state index in [1.54, 1.807) is 24.3 Å². The maximum absolute atomic E-state index is 8.27. The second-order valence-corrected chi connectivity index (χ2v) is 1.40. The average Bonchev–Trinajstić information content (AvgIpc) is 1.90. The summed E-state index contributed by atoms with van der Waals surface area (Å²) in [6.45, 7) is 0. The number of hydrogen-bond donors (Lipinski definition) is 0. The van der Waals surface area contributed by atoms with E-state index < -0.39 is 0 Å². The molecule has 0 amide bonds. The molecule has 0 aliphatic heterocycles. The molecular weight excluding hydrogens is 336 g/mol. The van der Waals surface area contributed by atoms with Gasteiger partial charge in [-0.1, -0.05) is 5.56 Å². The van der Waals surface area contributed by atoms with Gasteiger partial charge in [0.25, 0.3) is 0 Å². The molecular formula is C7H4NU-. The van der Waals surface area contributed by atoms with Gasteiger partial charge in [0.1, 0.15) is 0 Å². The van der Waals surface area contributed by atoms with E-state index in [4.69, 9.17) is 5.26 Å². The zero-order valence-electron chi connectivity index (χ0n) is 4.76. The second kappa shape index (κ2) is 4.62. The van der Waals surface area contributed by atoms with Crippen LogP contribution in [0, 0.1) is 48.5 Å². The molecule has 0 fully saturated rings. The molecule has 1 aromatic rings. The third-order valence-corrected chi connectivity index (χ3v) is 0.847. The van der Waals surface area contributed by atoms with Crippen LogP contribution in [0.5, 0.6) is 0 Å². The Bertz CT molecular complexity index is 200. The summed E-state index contributed by atoms with van der Waals surface area (Å²) in [7, 11) is 0. The van der Waals surface area contributed by atoms with E-state index in [0.29, 0.717) is 5.56 Å². The minimum absolute atomic E-state index is 0. The molecule has 0 aromatic heterocycles. The first kappa shape index (κ1) is 8.76. The molecule has 0 aliphatic rings. The molecule has 0 aliphatic carbocycles. The van der Waals surface area contributed by atoms with E-state index in [1.807, 2.05) is 6.07 Å². The van der Waals surface area contributed by atoms with Crippen molar-refractivity contribution in [1.29, 1.82) is 5.26 Å². The van der Waals surface area contributed by atoms with Gasteiger partial charge >= 0.3 is 0 Å². The summed E-state index contributed by atoms with van der Waals surface area (Å²) >= 11 is 0. The molecule has 0 atom stereocenters. The molecule has 0 spiro atoms. The Kier molecular flexibility index (Phi) is 4.50. The monoisotopic (exact) mass is 340 g/mol. The summed E-state index contributed by atoms with van der Waals surface area (Å²) in [5.74, 6) is 0. The topological polar surface area (TPSA) is 23.8 Å². The summed E-state index contributed by atoms with van der Waals surface area (Å²) in [5.41, 5.74) is 0.684. The normalized spacial score (nSPS) is 7.00. The molecule has 0 N–H and O–H groups in total. The van der Waals surface area contributed by atoms with Crippen molar-refractivity contribution in [2.45, 2.75) is 0 Å². The summed E-state index contributed by atoms with van der Waals surface area (Å²) in [5, 5.41) is 8.27. The molecule has 0 saturated heterocycles. The summed E-state index contributed by atoms with van der Waals surface area (Å²) < 4.78 is 0. The first-order valence-electron chi connectivity index (χ1n) is 2.29. The third-order valence-electron chi connectivity index (χ3n) is 0.847. The fourth-order valence-corrected chi connectivity index (χ4v) is 0.461. The SMILES string of the molecule is N#Cc1cc[c-]cc1.[U]. The number of hydrogen-bond acceptors (Lipinski definition) is 1. The van der Waals surface area contributed by atoms with Crippen molar-refractivity contribution in [3.8, 4) is 6.07 Å². The van der Waals surface area contributed by atoms with Gasteiger partial charge in [0.05, 0.1) is 6.07 Å². The van der Waals surface area contributed by atoms with Gasteiger partial charge in [-0.15, -0.1) is 0 Å². The van der Waals surface area contributed by atoms with E-state index in [2.05, 4.69) is 6.07 Å². The van der Waals surface area contributed by atoms with Crippen LogP contribution in [0.4, 0.5) is 0 Å². The molecule has 0 saturated carbocycles. The van der Waals surface area contributed by atoms with Crippen molar-refractivity contribution in [3.05, 3.63) is 35.9 Å². The van der Waals surface area contributed by atoms with E-state index in [9.17, 15) is 0 Å². The molecule has 0 bridgehead atoms. The molecule has 0 radical (unpaired) electrons. The summed E-state index contributed by atoms with van der Waals surface area (Å²) in [6, 6.07) is 11.7. The number of benzene rings is 1. The molecule has 42 valence electrons. The van der Waals surface area contributed by atoms with Gasteiger partial charge in [0, 0.05) is 31.1 Å². The summed E-state index contributed by atoms with van der Waals surface area (Å²) in [6.07, 6.45) is 0. The van der Waals surface area contributed by atoms with Crippen LogP contribution in [0.2, 0.25) is 0 Å². The van der Waals surface area contributed by atoms with Crippen LogP contribution in [0.25, 0.3) is 0 Å². The minimum atomic E-state index is 0.